The van der Waals surface area contributed by atoms with Crippen molar-refractivity contribution >= 4 is 35.3 Å². The van der Waals surface area contributed by atoms with E-state index in [1.165, 1.54) is 18.3 Å². The molecule has 0 heterocycles. The number of benzene rings is 3. The van der Waals surface area contributed by atoms with Crippen molar-refractivity contribution in [2.24, 2.45) is 4.40 Å². The van der Waals surface area contributed by atoms with Crippen molar-refractivity contribution < 1.29 is 17.6 Å². The summed E-state index contributed by atoms with van der Waals surface area (Å²) in [5.74, 6) is 1.40. The van der Waals surface area contributed by atoms with Gasteiger partial charge in [-0.25, -0.2) is 0 Å². The number of methoxy groups -OCH3 is 1. The average molecular weight is 456 g/mol. The lowest BCUT2D eigenvalue weighted by molar-refractivity contribution is 0.419. The Bertz CT molecular complexity index is 1210. The molecule has 164 valence electrons. The van der Waals surface area contributed by atoms with Crippen LogP contribution < -0.4 is 9.16 Å². The molecule has 0 aliphatic rings. The summed E-state index contributed by atoms with van der Waals surface area (Å²) in [6.45, 7) is 10.9. The van der Waals surface area contributed by atoms with E-state index in [1.807, 2.05) is 30.3 Å². The molecule has 7 heteroatoms. The Morgan fingerprint density at radius 2 is 1.58 bits per heavy atom. The molecule has 3 aromatic carbocycles. The molecule has 31 heavy (non-hydrogen) atoms. The number of nitrogens with zero attached hydrogens (tertiary/aromatic N) is 1. The van der Waals surface area contributed by atoms with Crippen LogP contribution in [0.5, 0.6) is 11.5 Å². The van der Waals surface area contributed by atoms with Crippen LogP contribution in [0.25, 0.3) is 10.8 Å². The molecule has 0 aliphatic carbocycles. The normalized spacial score (nSPS) is 13.0. The lowest BCUT2D eigenvalue weighted by atomic mass is 10.0. The molecule has 3 rings (SSSR count). The summed E-state index contributed by atoms with van der Waals surface area (Å²) in [5.41, 5.74) is 0.657. The lowest BCUT2D eigenvalue weighted by Crippen LogP contribution is -2.43. The van der Waals surface area contributed by atoms with Gasteiger partial charge in [0.15, 0.2) is 0 Å². The van der Waals surface area contributed by atoms with Gasteiger partial charge in [0, 0.05) is 22.6 Å². The lowest BCUT2D eigenvalue weighted by Gasteiger charge is -2.37. The third-order valence-electron chi connectivity index (χ3n) is 5.76. The van der Waals surface area contributed by atoms with Gasteiger partial charge in [0.05, 0.1) is 12.0 Å². The monoisotopic (exact) mass is 455 g/mol. The molecule has 0 unspecified atom stereocenters. The van der Waals surface area contributed by atoms with Gasteiger partial charge in [-0.1, -0.05) is 51.1 Å². The Labute approximate surface area is 185 Å². The van der Waals surface area contributed by atoms with Gasteiger partial charge in [-0.05, 0) is 48.5 Å². The molecule has 0 N–H and O–H groups in total. The first-order chi connectivity index (χ1) is 14.5. The molecule has 0 amide bonds. The highest BCUT2D eigenvalue weighted by Crippen LogP contribution is 2.41. The Kier molecular flexibility index (Phi) is 6.30. The highest BCUT2D eigenvalue weighted by molar-refractivity contribution is 7.90. The molecule has 0 spiro atoms. The topological polar surface area (TPSA) is 65.0 Å². The van der Waals surface area contributed by atoms with E-state index in [9.17, 15) is 8.42 Å². The fourth-order valence-corrected chi connectivity index (χ4v) is 4.85. The van der Waals surface area contributed by atoms with Gasteiger partial charge in [-0.15, -0.1) is 0 Å². The molecule has 0 aliphatic heterocycles. The van der Waals surface area contributed by atoms with E-state index in [1.54, 1.807) is 25.3 Å². The Hall–Kier alpha value is -2.64. The fraction of sp³-hybridized carbons (Fsp3) is 0.292. The van der Waals surface area contributed by atoms with E-state index < -0.39 is 18.3 Å². The van der Waals surface area contributed by atoms with Crippen LogP contribution in [-0.2, 0) is 10.0 Å². The summed E-state index contributed by atoms with van der Waals surface area (Å²) >= 11 is 0. The summed E-state index contributed by atoms with van der Waals surface area (Å²) < 4.78 is 41.4. The molecule has 0 saturated carbocycles. The maximum absolute atomic E-state index is 12.7. The number of ether oxygens (including phenoxy) is 1. The molecule has 0 saturated heterocycles. The second-order valence-electron chi connectivity index (χ2n) is 8.92. The van der Waals surface area contributed by atoms with Crippen molar-refractivity contribution in [1.82, 2.24) is 0 Å². The molecular weight excluding hydrogens is 426 g/mol. The molecule has 0 fully saturated rings. The van der Waals surface area contributed by atoms with Crippen molar-refractivity contribution in [3.8, 4) is 11.5 Å². The van der Waals surface area contributed by atoms with E-state index in [-0.39, 0.29) is 9.93 Å². The maximum atomic E-state index is 12.7. The van der Waals surface area contributed by atoms with Crippen molar-refractivity contribution in [3.63, 3.8) is 0 Å². The predicted molar refractivity (Wildman–Crippen MR) is 130 cm³/mol. The smallest absolute Gasteiger partial charge is 0.282 e. The molecule has 3 aromatic rings. The van der Waals surface area contributed by atoms with Crippen LogP contribution in [0.2, 0.25) is 18.1 Å². The summed E-state index contributed by atoms with van der Waals surface area (Å²) in [6.07, 6.45) is 1.39. The first-order valence-electron chi connectivity index (χ1n) is 10.1. The van der Waals surface area contributed by atoms with Crippen LogP contribution in [0.4, 0.5) is 0 Å². The third-order valence-corrected chi connectivity index (χ3v) is 11.4. The third kappa shape index (κ3) is 4.83. The van der Waals surface area contributed by atoms with Gasteiger partial charge in [0.2, 0.25) is 0 Å². The highest BCUT2D eigenvalue weighted by atomic mass is 32.2. The quantitative estimate of drug-likeness (QED) is 0.336. The van der Waals surface area contributed by atoms with Crippen molar-refractivity contribution in [1.29, 1.82) is 0 Å². The minimum atomic E-state index is -3.81. The minimum Gasteiger partial charge on any atom is -0.543 e. The highest BCUT2D eigenvalue weighted by Gasteiger charge is 2.39. The van der Waals surface area contributed by atoms with Crippen LogP contribution in [0.15, 0.2) is 70.0 Å². The summed E-state index contributed by atoms with van der Waals surface area (Å²) in [6, 6.07) is 17.6. The number of sulfonamides is 1. The van der Waals surface area contributed by atoms with Gasteiger partial charge in [-0.2, -0.15) is 12.8 Å². The largest absolute Gasteiger partial charge is 0.543 e. The van der Waals surface area contributed by atoms with Crippen molar-refractivity contribution in [2.45, 2.75) is 43.8 Å². The standard InChI is InChI=1S/C24H29NO4SSi/c1-24(2,3)31(5,6)29-22-14-10-13-20-21(28-4)16-15-18(23(20)22)17-25-30(26,27)19-11-8-7-9-12-19/h7-17H,1-6H3. The number of rotatable bonds is 6. The summed E-state index contributed by atoms with van der Waals surface area (Å²) in [5, 5.41) is 1.65. The van der Waals surface area contributed by atoms with Crippen LogP contribution >= 0.6 is 0 Å². The number of hydrogen-bond acceptors (Lipinski definition) is 4. The first-order valence-corrected chi connectivity index (χ1v) is 14.5. The van der Waals surface area contributed by atoms with Gasteiger partial charge in [0.25, 0.3) is 18.3 Å². The van der Waals surface area contributed by atoms with Crippen LogP contribution in [0.1, 0.15) is 26.3 Å². The zero-order chi connectivity index (χ0) is 22.9. The van der Waals surface area contributed by atoms with E-state index in [0.717, 1.165) is 10.8 Å². The van der Waals surface area contributed by atoms with Gasteiger partial charge in [-0.3, -0.25) is 0 Å². The fourth-order valence-electron chi connectivity index (χ4n) is 2.95. The number of fused-ring (bicyclic) bond motifs is 1. The average Bonchev–Trinajstić information content (AvgIpc) is 2.71. The van der Waals surface area contributed by atoms with Gasteiger partial charge >= 0.3 is 0 Å². The predicted octanol–water partition coefficient (Wildman–Crippen LogP) is 6.04. The van der Waals surface area contributed by atoms with E-state index in [2.05, 4.69) is 38.3 Å². The van der Waals surface area contributed by atoms with Crippen LogP contribution in [-0.4, -0.2) is 30.1 Å². The van der Waals surface area contributed by atoms with E-state index in [4.69, 9.17) is 9.16 Å². The number of hydrogen-bond donors (Lipinski definition) is 0. The zero-order valence-corrected chi connectivity index (χ0v) is 20.7. The van der Waals surface area contributed by atoms with Crippen molar-refractivity contribution in [3.05, 3.63) is 66.2 Å². The van der Waals surface area contributed by atoms with Gasteiger partial charge < -0.3 is 9.16 Å². The summed E-state index contributed by atoms with van der Waals surface area (Å²) in [7, 11) is -4.32. The van der Waals surface area contributed by atoms with E-state index >= 15 is 0 Å². The Morgan fingerprint density at radius 3 is 2.19 bits per heavy atom. The van der Waals surface area contributed by atoms with Gasteiger partial charge in [0.1, 0.15) is 11.5 Å². The molecule has 0 bridgehead atoms. The molecule has 0 aromatic heterocycles. The Balaban J connectivity index is 2.16. The van der Waals surface area contributed by atoms with E-state index in [0.29, 0.717) is 17.1 Å². The van der Waals surface area contributed by atoms with Crippen LogP contribution in [0, 0.1) is 0 Å². The SMILES string of the molecule is COc1ccc(C=NS(=O)(=O)c2ccccc2)c2c(O[Si](C)(C)C(C)(C)C)cccc12. The molecule has 5 nitrogen and oxygen atoms in total. The second kappa shape index (κ2) is 8.47. The first kappa shape index (κ1) is 23.0. The molecular formula is C24H29NO4SSi. The zero-order valence-electron chi connectivity index (χ0n) is 18.8. The molecule has 0 atom stereocenters. The summed E-state index contributed by atoms with van der Waals surface area (Å²) in [4.78, 5) is 0.154. The Morgan fingerprint density at radius 1 is 0.903 bits per heavy atom. The van der Waals surface area contributed by atoms with Crippen LogP contribution in [0.3, 0.4) is 0 Å². The maximum Gasteiger partial charge on any atom is 0.282 e. The second-order valence-corrected chi connectivity index (χ2v) is 15.3. The molecule has 0 radical (unpaired) electrons. The van der Waals surface area contributed by atoms with Crippen molar-refractivity contribution in [2.75, 3.05) is 7.11 Å². The minimum absolute atomic E-state index is 0.0128.